The fourth-order valence-electron chi connectivity index (χ4n) is 3.16. The van der Waals surface area contributed by atoms with Crippen molar-refractivity contribution in [1.82, 2.24) is 0 Å². The Morgan fingerprint density at radius 2 is 1.55 bits per heavy atom. The standard InChI is InChI=1S/C25H22N2O2/c28-25(17-26-24-15-6-11-20-10-4-5-14-23(20)24)27-21-12-7-13-22(16-21)29-18-19-8-2-1-3-9-19/h1-16,26H,17-18H2,(H,27,28). The van der Waals surface area contributed by atoms with Gasteiger partial charge in [-0.05, 0) is 29.1 Å². The molecule has 0 aliphatic heterocycles. The van der Waals surface area contributed by atoms with Gasteiger partial charge in [0.2, 0.25) is 5.91 Å². The largest absolute Gasteiger partial charge is 0.489 e. The van der Waals surface area contributed by atoms with Gasteiger partial charge in [-0.15, -0.1) is 0 Å². The molecule has 4 aromatic carbocycles. The number of ether oxygens (including phenoxy) is 1. The normalized spacial score (nSPS) is 10.5. The van der Waals surface area contributed by atoms with Crippen LogP contribution < -0.4 is 15.4 Å². The number of nitrogens with one attached hydrogen (secondary N) is 2. The van der Waals surface area contributed by atoms with E-state index >= 15 is 0 Å². The second-order valence-corrected chi connectivity index (χ2v) is 6.73. The molecule has 0 bridgehead atoms. The molecule has 1 amide bonds. The van der Waals surface area contributed by atoms with E-state index in [4.69, 9.17) is 4.74 Å². The molecule has 4 heteroatoms. The SMILES string of the molecule is O=C(CNc1cccc2ccccc12)Nc1cccc(OCc2ccccc2)c1. The molecule has 0 unspecified atom stereocenters. The maximum absolute atomic E-state index is 12.4. The quantitative estimate of drug-likeness (QED) is 0.446. The molecule has 4 nitrogen and oxygen atoms in total. The van der Waals surface area contributed by atoms with Crippen molar-refractivity contribution >= 4 is 28.1 Å². The Kier molecular flexibility index (Phi) is 5.72. The van der Waals surface area contributed by atoms with Gasteiger partial charge in [0.05, 0.1) is 6.54 Å². The summed E-state index contributed by atoms with van der Waals surface area (Å²) in [5.41, 5.74) is 2.75. The summed E-state index contributed by atoms with van der Waals surface area (Å²) in [5.74, 6) is 0.604. The number of carbonyl (C=O) groups is 1. The molecule has 4 rings (SSSR count). The summed E-state index contributed by atoms with van der Waals surface area (Å²) in [6, 6.07) is 31.5. The monoisotopic (exact) mass is 382 g/mol. The minimum atomic E-state index is -0.113. The van der Waals surface area contributed by atoms with Gasteiger partial charge in [0.1, 0.15) is 12.4 Å². The highest BCUT2D eigenvalue weighted by Gasteiger charge is 2.06. The Morgan fingerprint density at radius 1 is 0.793 bits per heavy atom. The average molecular weight is 382 g/mol. The summed E-state index contributed by atoms with van der Waals surface area (Å²) in [6.07, 6.45) is 0. The third-order valence-electron chi connectivity index (χ3n) is 4.60. The molecule has 0 atom stereocenters. The predicted octanol–water partition coefficient (Wildman–Crippen LogP) is 5.47. The van der Waals surface area contributed by atoms with Crippen molar-refractivity contribution in [2.45, 2.75) is 6.61 Å². The van der Waals surface area contributed by atoms with Gasteiger partial charge >= 0.3 is 0 Å². The summed E-state index contributed by atoms with van der Waals surface area (Å²) >= 11 is 0. The van der Waals surface area contributed by atoms with Crippen molar-refractivity contribution in [2.24, 2.45) is 0 Å². The lowest BCUT2D eigenvalue weighted by molar-refractivity contribution is -0.114. The highest BCUT2D eigenvalue weighted by atomic mass is 16.5. The third-order valence-corrected chi connectivity index (χ3v) is 4.60. The van der Waals surface area contributed by atoms with E-state index in [1.54, 1.807) is 0 Å². The van der Waals surface area contributed by atoms with E-state index in [0.29, 0.717) is 18.0 Å². The lowest BCUT2D eigenvalue weighted by atomic mass is 10.1. The molecule has 4 aromatic rings. The Hall–Kier alpha value is -3.79. The number of fused-ring (bicyclic) bond motifs is 1. The van der Waals surface area contributed by atoms with Crippen molar-refractivity contribution < 1.29 is 9.53 Å². The zero-order valence-electron chi connectivity index (χ0n) is 16.0. The van der Waals surface area contributed by atoms with E-state index in [1.165, 1.54) is 0 Å². The van der Waals surface area contributed by atoms with Crippen LogP contribution in [0.4, 0.5) is 11.4 Å². The van der Waals surface area contributed by atoms with E-state index in [2.05, 4.69) is 22.8 Å². The van der Waals surface area contributed by atoms with E-state index in [0.717, 1.165) is 22.0 Å². The molecule has 0 saturated heterocycles. The molecule has 0 radical (unpaired) electrons. The van der Waals surface area contributed by atoms with Crippen LogP contribution in [0.15, 0.2) is 97.1 Å². The highest BCUT2D eigenvalue weighted by Crippen LogP contribution is 2.23. The molecule has 0 spiro atoms. The van der Waals surface area contributed by atoms with Crippen molar-refractivity contribution in [2.75, 3.05) is 17.2 Å². The summed E-state index contributed by atoms with van der Waals surface area (Å²) in [6.45, 7) is 0.671. The topological polar surface area (TPSA) is 50.4 Å². The van der Waals surface area contributed by atoms with Crippen LogP contribution in [0.5, 0.6) is 5.75 Å². The molecule has 2 N–H and O–H groups in total. The second-order valence-electron chi connectivity index (χ2n) is 6.73. The van der Waals surface area contributed by atoms with E-state index in [1.807, 2.05) is 84.9 Å². The average Bonchev–Trinajstić information content (AvgIpc) is 2.77. The van der Waals surface area contributed by atoms with Crippen molar-refractivity contribution in [3.05, 3.63) is 103 Å². The van der Waals surface area contributed by atoms with Crippen molar-refractivity contribution in [3.63, 3.8) is 0 Å². The molecule has 0 aliphatic rings. The molecular formula is C25H22N2O2. The first-order chi connectivity index (χ1) is 14.3. The van der Waals surface area contributed by atoms with Crippen LogP contribution in [0.1, 0.15) is 5.56 Å². The molecule has 144 valence electrons. The van der Waals surface area contributed by atoms with Crippen LogP contribution in [0.3, 0.4) is 0 Å². The fraction of sp³-hybridized carbons (Fsp3) is 0.0800. The summed E-state index contributed by atoms with van der Waals surface area (Å²) in [5, 5.41) is 8.38. The van der Waals surface area contributed by atoms with Gasteiger partial charge in [-0.1, -0.05) is 72.8 Å². The highest BCUT2D eigenvalue weighted by molar-refractivity contribution is 5.98. The summed E-state index contributed by atoms with van der Waals surface area (Å²) < 4.78 is 5.82. The van der Waals surface area contributed by atoms with Crippen molar-refractivity contribution in [3.8, 4) is 5.75 Å². The van der Waals surface area contributed by atoms with E-state index in [9.17, 15) is 4.79 Å². The molecule has 29 heavy (non-hydrogen) atoms. The Bertz CT molecular complexity index is 1100. The number of anilines is 2. The maximum Gasteiger partial charge on any atom is 0.243 e. The number of hydrogen-bond acceptors (Lipinski definition) is 3. The van der Waals surface area contributed by atoms with Gasteiger partial charge in [0, 0.05) is 22.8 Å². The molecule has 0 fully saturated rings. The van der Waals surface area contributed by atoms with E-state index in [-0.39, 0.29) is 12.5 Å². The molecular weight excluding hydrogens is 360 g/mol. The van der Waals surface area contributed by atoms with Gasteiger partial charge in [0.15, 0.2) is 0 Å². The number of benzene rings is 4. The minimum Gasteiger partial charge on any atom is -0.489 e. The maximum atomic E-state index is 12.4. The van der Waals surface area contributed by atoms with E-state index < -0.39 is 0 Å². The fourth-order valence-corrected chi connectivity index (χ4v) is 3.16. The van der Waals surface area contributed by atoms with Crippen LogP contribution in [0.25, 0.3) is 10.8 Å². The zero-order chi connectivity index (χ0) is 19.9. The van der Waals surface area contributed by atoms with Gasteiger partial charge in [-0.2, -0.15) is 0 Å². The first kappa shape index (κ1) is 18.6. The molecule has 0 aliphatic carbocycles. The Balaban J connectivity index is 1.34. The minimum absolute atomic E-state index is 0.113. The number of amides is 1. The molecule has 0 saturated carbocycles. The van der Waals surface area contributed by atoms with Crippen LogP contribution in [0, 0.1) is 0 Å². The lowest BCUT2D eigenvalue weighted by Crippen LogP contribution is -2.21. The Morgan fingerprint density at radius 3 is 2.45 bits per heavy atom. The molecule has 0 aromatic heterocycles. The van der Waals surface area contributed by atoms with Crippen LogP contribution in [-0.2, 0) is 11.4 Å². The lowest BCUT2D eigenvalue weighted by Gasteiger charge is -2.11. The van der Waals surface area contributed by atoms with Gasteiger partial charge < -0.3 is 15.4 Å². The molecule has 0 heterocycles. The van der Waals surface area contributed by atoms with Crippen LogP contribution >= 0.6 is 0 Å². The van der Waals surface area contributed by atoms with Crippen molar-refractivity contribution in [1.29, 1.82) is 0 Å². The third kappa shape index (κ3) is 4.93. The Labute approximate surface area is 170 Å². The summed E-state index contributed by atoms with van der Waals surface area (Å²) in [7, 11) is 0. The first-order valence-electron chi connectivity index (χ1n) is 9.56. The van der Waals surface area contributed by atoms with Crippen LogP contribution in [0.2, 0.25) is 0 Å². The number of carbonyl (C=O) groups excluding carboxylic acids is 1. The van der Waals surface area contributed by atoms with Gasteiger partial charge in [-0.3, -0.25) is 4.79 Å². The number of rotatable bonds is 7. The second kappa shape index (κ2) is 8.93. The number of hydrogen-bond donors (Lipinski definition) is 2. The first-order valence-corrected chi connectivity index (χ1v) is 9.56. The van der Waals surface area contributed by atoms with Gasteiger partial charge in [-0.25, -0.2) is 0 Å². The van der Waals surface area contributed by atoms with Gasteiger partial charge in [0.25, 0.3) is 0 Å². The smallest absolute Gasteiger partial charge is 0.243 e. The zero-order valence-corrected chi connectivity index (χ0v) is 16.0. The summed E-state index contributed by atoms with van der Waals surface area (Å²) in [4.78, 5) is 12.4. The predicted molar refractivity (Wildman–Crippen MR) is 118 cm³/mol. The van der Waals surface area contributed by atoms with Crippen LogP contribution in [-0.4, -0.2) is 12.5 Å².